The standard InChI is InChI=1S/C11H16BrNO3/c1-3-13(8-11(14)15-4-2)7-9-5-6-10(12)16-9/h5-6H,3-4,7-8H2,1-2H3. The zero-order chi connectivity index (χ0) is 12.0. The Morgan fingerprint density at radius 2 is 2.25 bits per heavy atom. The summed E-state index contributed by atoms with van der Waals surface area (Å²) >= 11 is 3.24. The molecule has 5 heteroatoms. The second-order valence-corrected chi connectivity index (χ2v) is 4.10. The molecule has 16 heavy (non-hydrogen) atoms. The van der Waals surface area contributed by atoms with E-state index in [1.54, 1.807) is 6.92 Å². The Balaban J connectivity index is 2.45. The average molecular weight is 290 g/mol. The largest absolute Gasteiger partial charge is 0.465 e. The molecule has 0 bridgehead atoms. The number of esters is 1. The van der Waals surface area contributed by atoms with E-state index in [9.17, 15) is 4.79 Å². The summed E-state index contributed by atoms with van der Waals surface area (Å²) in [6, 6.07) is 3.73. The molecule has 4 nitrogen and oxygen atoms in total. The average Bonchev–Trinajstić information content (AvgIpc) is 2.63. The van der Waals surface area contributed by atoms with Gasteiger partial charge in [-0.05, 0) is 41.5 Å². The summed E-state index contributed by atoms with van der Waals surface area (Å²) in [5.74, 6) is 0.632. The Hall–Kier alpha value is -0.810. The van der Waals surface area contributed by atoms with E-state index in [-0.39, 0.29) is 5.97 Å². The lowest BCUT2D eigenvalue weighted by Crippen LogP contribution is -2.30. The monoisotopic (exact) mass is 289 g/mol. The molecule has 0 amide bonds. The quantitative estimate of drug-likeness (QED) is 0.755. The van der Waals surface area contributed by atoms with Gasteiger partial charge in [-0.15, -0.1) is 0 Å². The maximum atomic E-state index is 11.3. The number of ether oxygens (including phenoxy) is 1. The minimum Gasteiger partial charge on any atom is -0.465 e. The fourth-order valence-electron chi connectivity index (χ4n) is 1.33. The van der Waals surface area contributed by atoms with Crippen LogP contribution in [-0.2, 0) is 16.1 Å². The molecular weight excluding hydrogens is 274 g/mol. The maximum absolute atomic E-state index is 11.3. The second-order valence-electron chi connectivity index (χ2n) is 3.31. The van der Waals surface area contributed by atoms with E-state index < -0.39 is 0 Å². The van der Waals surface area contributed by atoms with Crippen LogP contribution >= 0.6 is 15.9 Å². The van der Waals surface area contributed by atoms with Crippen molar-refractivity contribution >= 4 is 21.9 Å². The van der Waals surface area contributed by atoms with E-state index >= 15 is 0 Å². The van der Waals surface area contributed by atoms with E-state index in [1.165, 1.54) is 0 Å². The normalized spacial score (nSPS) is 10.8. The van der Waals surface area contributed by atoms with Crippen molar-refractivity contribution in [3.8, 4) is 0 Å². The maximum Gasteiger partial charge on any atom is 0.320 e. The lowest BCUT2D eigenvalue weighted by Gasteiger charge is -2.17. The summed E-state index contributed by atoms with van der Waals surface area (Å²) in [5, 5.41) is 0. The van der Waals surface area contributed by atoms with Crippen LogP contribution in [0.3, 0.4) is 0 Å². The lowest BCUT2D eigenvalue weighted by atomic mass is 10.4. The van der Waals surface area contributed by atoms with Gasteiger partial charge in [0.05, 0.1) is 19.7 Å². The molecule has 0 aliphatic carbocycles. The van der Waals surface area contributed by atoms with Gasteiger partial charge in [0.1, 0.15) is 5.76 Å². The third-order valence-corrected chi connectivity index (χ3v) is 2.54. The van der Waals surface area contributed by atoms with Gasteiger partial charge in [0.15, 0.2) is 4.67 Å². The Labute approximate surface area is 104 Å². The van der Waals surface area contributed by atoms with Crippen molar-refractivity contribution < 1.29 is 13.9 Å². The molecule has 0 N–H and O–H groups in total. The van der Waals surface area contributed by atoms with E-state index in [2.05, 4.69) is 15.9 Å². The molecular formula is C11H16BrNO3. The molecule has 0 saturated carbocycles. The number of hydrogen-bond acceptors (Lipinski definition) is 4. The topological polar surface area (TPSA) is 42.7 Å². The smallest absolute Gasteiger partial charge is 0.320 e. The zero-order valence-electron chi connectivity index (χ0n) is 9.53. The third-order valence-electron chi connectivity index (χ3n) is 2.11. The highest BCUT2D eigenvalue weighted by molar-refractivity contribution is 9.10. The fraction of sp³-hybridized carbons (Fsp3) is 0.545. The summed E-state index contributed by atoms with van der Waals surface area (Å²) < 4.78 is 11.0. The third kappa shape index (κ3) is 4.37. The summed E-state index contributed by atoms with van der Waals surface area (Å²) in [6.45, 7) is 5.90. The van der Waals surface area contributed by atoms with Crippen molar-refractivity contribution in [2.24, 2.45) is 0 Å². The van der Waals surface area contributed by atoms with Crippen LogP contribution in [0.1, 0.15) is 19.6 Å². The van der Waals surface area contributed by atoms with Crippen molar-refractivity contribution in [1.82, 2.24) is 4.90 Å². The van der Waals surface area contributed by atoms with Gasteiger partial charge in [-0.1, -0.05) is 6.92 Å². The Morgan fingerprint density at radius 1 is 1.50 bits per heavy atom. The first-order chi connectivity index (χ1) is 7.65. The van der Waals surface area contributed by atoms with Crippen LogP contribution in [0.25, 0.3) is 0 Å². The van der Waals surface area contributed by atoms with Gasteiger partial charge in [-0.2, -0.15) is 0 Å². The number of halogens is 1. The van der Waals surface area contributed by atoms with Gasteiger partial charge in [0, 0.05) is 0 Å². The molecule has 1 aromatic heterocycles. The number of carbonyl (C=O) groups excluding carboxylic acids is 1. The minimum absolute atomic E-state index is 0.199. The molecule has 0 unspecified atom stereocenters. The predicted octanol–water partition coefficient (Wildman–Crippen LogP) is 2.43. The number of hydrogen-bond donors (Lipinski definition) is 0. The predicted molar refractivity (Wildman–Crippen MR) is 64.0 cm³/mol. The van der Waals surface area contributed by atoms with Crippen LogP contribution in [0.5, 0.6) is 0 Å². The Kier molecular flexibility index (Phi) is 5.55. The highest BCUT2D eigenvalue weighted by Crippen LogP contribution is 2.15. The van der Waals surface area contributed by atoms with Crippen molar-refractivity contribution in [2.75, 3.05) is 19.7 Å². The molecule has 0 radical (unpaired) electrons. The number of likely N-dealkylation sites (N-methyl/N-ethyl adjacent to an activating group) is 1. The van der Waals surface area contributed by atoms with Crippen LogP contribution in [0.4, 0.5) is 0 Å². The van der Waals surface area contributed by atoms with Crippen LogP contribution in [0.2, 0.25) is 0 Å². The van der Waals surface area contributed by atoms with E-state index in [4.69, 9.17) is 9.15 Å². The molecule has 1 rings (SSSR count). The van der Waals surface area contributed by atoms with Gasteiger partial charge >= 0.3 is 5.97 Å². The van der Waals surface area contributed by atoms with Gasteiger partial charge in [-0.25, -0.2) is 0 Å². The van der Waals surface area contributed by atoms with Crippen molar-refractivity contribution in [2.45, 2.75) is 20.4 Å². The molecule has 0 aliphatic heterocycles. The Morgan fingerprint density at radius 3 is 2.75 bits per heavy atom. The van der Waals surface area contributed by atoms with Crippen LogP contribution in [0, 0.1) is 0 Å². The molecule has 0 spiro atoms. The highest BCUT2D eigenvalue weighted by Gasteiger charge is 2.11. The number of nitrogens with zero attached hydrogens (tertiary/aromatic N) is 1. The van der Waals surface area contributed by atoms with E-state index in [0.29, 0.717) is 24.4 Å². The molecule has 0 aromatic carbocycles. The minimum atomic E-state index is -0.199. The molecule has 0 fully saturated rings. The molecule has 0 atom stereocenters. The van der Waals surface area contributed by atoms with Crippen LogP contribution in [-0.4, -0.2) is 30.6 Å². The molecule has 0 saturated heterocycles. The molecule has 1 aromatic rings. The first kappa shape index (κ1) is 13.3. The number of furan rings is 1. The zero-order valence-corrected chi connectivity index (χ0v) is 11.1. The summed E-state index contributed by atoms with van der Waals surface area (Å²) in [5.41, 5.74) is 0. The molecule has 1 heterocycles. The van der Waals surface area contributed by atoms with Crippen LogP contribution in [0.15, 0.2) is 21.2 Å². The summed E-state index contributed by atoms with van der Waals surface area (Å²) in [6.07, 6.45) is 0. The van der Waals surface area contributed by atoms with Gasteiger partial charge < -0.3 is 9.15 Å². The number of carbonyl (C=O) groups is 1. The van der Waals surface area contributed by atoms with Gasteiger partial charge in [-0.3, -0.25) is 9.69 Å². The van der Waals surface area contributed by atoms with Crippen molar-refractivity contribution in [3.05, 3.63) is 22.6 Å². The lowest BCUT2D eigenvalue weighted by molar-refractivity contribution is -0.144. The van der Waals surface area contributed by atoms with Crippen molar-refractivity contribution in [3.63, 3.8) is 0 Å². The van der Waals surface area contributed by atoms with E-state index in [0.717, 1.165) is 12.3 Å². The van der Waals surface area contributed by atoms with Gasteiger partial charge in [0.25, 0.3) is 0 Å². The molecule has 90 valence electrons. The molecule has 0 aliphatic rings. The fourth-order valence-corrected chi connectivity index (χ4v) is 1.67. The first-order valence-electron chi connectivity index (χ1n) is 5.27. The number of rotatable bonds is 6. The summed E-state index contributed by atoms with van der Waals surface area (Å²) in [4.78, 5) is 13.3. The highest BCUT2D eigenvalue weighted by atomic mass is 79.9. The second kappa shape index (κ2) is 6.70. The van der Waals surface area contributed by atoms with Crippen LogP contribution < -0.4 is 0 Å². The first-order valence-corrected chi connectivity index (χ1v) is 6.07. The van der Waals surface area contributed by atoms with Gasteiger partial charge in [0.2, 0.25) is 0 Å². The van der Waals surface area contributed by atoms with Crippen molar-refractivity contribution in [1.29, 1.82) is 0 Å². The summed E-state index contributed by atoms with van der Waals surface area (Å²) in [7, 11) is 0. The van der Waals surface area contributed by atoms with E-state index in [1.807, 2.05) is 24.0 Å². The Bertz CT molecular complexity index is 338. The SMILES string of the molecule is CCOC(=O)CN(CC)Cc1ccc(Br)o1.